The predicted molar refractivity (Wildman–Crippen MR) is 79.7 cm³/mol. The standard InChI is InChI=1S/C13H21N3O4.ClH/c1-13(2,3)20-12(18)16-7-9(15-8-16)6-10(14-4)11(17)19-5;/h7-8,10,14H,6H2,1-5H3;1H/t10-;/m0./s1. The van der Waals surface area contributed by atoms with E-state index in [1.807, 2.05) is 0 Å². The van der Waals surface area contributed by atoms with Crippen molar-refractivity contribution in [2.24, 2.45) is 0 Å². The minimum Gasteiger partial charge on any atom is -0.468 e. The quantitative estimate of drug-likeness (QED) is 0.845. The number of ether oxygens (including phenoxy) is 2. The number of aromatic nitrogens is 2. The number of esters is 1. The Hall–Kier alpha value is -1.60. The number of halogens is 1. The van der Waals surface area contributed by atoms with Crippen molar-refractivity contribution in [1.29, 1.82) is 0 Å². The summed E-state index contributed by atoms with van der Waals surface area (Å²) in [7, 11) is 2.98. The minimum absolute atomic E-state index is 0. The molecular formula is C13H22ClN3O4. The number of hydrogen-bond acceptors (Lipinski definition) is 6. The number of nitrogens with zero attached hydrogens (tertiary/aromatic N) is 2. The molecule has 0 aliphatic rings. The Labute approximate surface area is 130 Å². The van der Waals surface area contributed by atoms with Gasteiger partial charge in [0.2, 0.25) is 0 Å². The minimum atomic E-state index is -0.568. The molecule has 1 rings (SSSR count). The highest BCUT2D eigenvalue weighted by Crippen LogP contribution is 2.10. The van der Waals surface area contributed by atoms with E-state index in [9.17, 15) is 9.59 Å². The van der Waals surface area contributed by atoms with Crippen LogP contribution >= 0.6 is 12.4 Å². The van der Waals surface area contributed by atoms with Crippen LogP contribution in [0.5, 0.6) is 0 Å². The van der Waals surface area contributed by atoms with Crippen LogP contribution in [0.1, 0.15) is 26.5 Å². The fourth-order valence-electron chi connectivity index (χ4n) is 1.54. The van der Waals surface area contributed by atoms with Gasteiger partial charge in [-0.05, 0) is 27.8 Å². The molecule has 0 aromatic carbocycles. The molecule has 120 valence electrons. The fraction of sp³-hybridized carbons (Fsp3) is 0.615. The number of carbonyl (C=O) groups excluding carboxylic acids is 2. The van der Waals surface area contributed by atoms with Crippen molar-refractivity contribution < 1.29 is 19.1 Å². The van der Waals surface area contributed by atoms with E-state index < -0.39 is 17.7 Å². The molecule has 1 aromatic rings. The normalized spacial score (nSPS) is 12.2. The average molecular weight is 320 g/mol. The molecule has 0 unspecified atom stereocenters. The third-order valence-corrected chi connectivity index (χ3v) is 2.49. The van der Waals surface area contributed by atoms with E-state index in [1.54, 1.807) is 34.0 Å². The van der Waals surface area contributed by atoms with E-state index in [-0.39, 0.29) is 18.4 Å². The number of rotatable bonds is 4. The van der Waals surface area contributed by atoms with Crippen LogP contribution in [0.25, 0.3) is 0 Å². The summed E-state index contributed by atoms with van der Waals surface area (Å²) in [5.41, 5.74) is 0.0294. The van der Waals surface area contributed by atoms with Crippen LogP contribution in [0, 0.1) is 0 Å². The van der Waals surface area contributed by atoms with E-state index >= 15 is 0 Å². The number of nitrogens with one attached hydrogen (secondary N) is 1. The molecular weight excluding hydrogens is 298 g/mol. The lowest BCUT2D eigenvalue weighted by Gasteiger charge is -2.19. The number of likely N-dealkylation sites (N-methyl/N-ethyl adjacent to an activating group) is 1. The number of methoxy groups -OCH3 is 1. The van der Waals surface area contributed by atoms with Crippen molar-refractivity contribution in [2.45, 2.75) is 38.8 Å². The third kappa shape index (κ3) is 6.14. The SMILES string of the molecule is CN[C@@H](Cc1cn(C(=O)OC(C)(C)C)cn1)C(=O)OC.Cl. The number of hydrogen-bond donors (Lipinski definition) is 1. The Bertz CT molecular complexity index is 482. The highest BCUT2D eigenvalue weighted by molar-refractivity contribution is 5.85. The second kappa shape index (κ2) is 7.99. The molecule has 0 radical (unpaired) electrons. The highest BCUT2D eigenvalue weighted by atomic mass is 35.5. The zero-order chi connectivity index (χ0) is 15.3. The topological polar surface area (TPSA) is 82.5 Å². The van der Waals surface area contributed by atoms with Crippen molar-refractivity contribution in [3.05, 3.63) is 18.2 Å². The Morgan fingerprint density at radius 2 is 2.05 bits per heavy atom. The molecule has 0 spiro atoms. The van der Waals surface area contributed by atoms with E-state index in [0.717, 1.165) is 0 Å². The Kier molecular flexibility index (Phi) is 7.38. The second-order valence-electron chi connectivity index (χ2n) is 5.32. The van der Waals surface area contributed by atoms with Gasteiger partial charge in [0, 0.05) is 12.6 Å². The van der Waals surface area contributed by atoms with Gasteiger partial charge in [0.05, 0.1) is 12.8 Å². The molecule has 8 heteroatoms. The van der Waals surface area contributed by atoms with Crippen LogP contribution in [0.4, 0.5) is 4.79 Å². The van der Waals surface area contributed by atoms with Crippen LogP contribution in [0.3, 0.4) is 0 Å². The lowest BCUT2D eigenvalue weighted by atomic mass is 10.2. The van der Waals surface area contributed by atoms with Gasteiger partial charge in [0.15, 0.2) is 0 Å². The van der Waals surface area contributed by atoms with Gasteiger partial charge in [-0.2, -0.15) is 0 Å². The largest absolute Gasteiger partial charge is 0.468 e. The van der Waals surface area contributed by atoms with Crippen molar-refractivity contribution in [3.8, 4) is 0 Å². The molecule has 0 amide bonds. The molecule has 1 N–H and O–H groups in total. The molecule has 0 aliphatic carbocycles. The van der Waals surface area contributed by atoms with E-state index in [2.05, 4.69) is 15.0 Å². The molecule has 0 fully saturated rings. The van der Waals surface area contributed by atoms with Gasteiger partial charge in [-0.25, -0.2) is 14.3 Å². The summed E-state index contributed by atoms with van der Waals surface area (Å²) in [4.78, 5) is 27.4. The molecule has 1 atom stereocenters. The summed E-state index contributed by atoms with van der Waals surface area (Å²) >= 11 is 0. The zero-order valence-corrected chi connectivity index (χ0v) is 13.7. The monoisotopic (exact) mass is 319 g/mol. The maximum atomic E-state index is 11.8. The first kappa shape index (κ1) is 19.4. The Balaban J connectivity index is 0.00000400. The lowest BCUT2D eigenvalue weighted by molar-refractivity contribution is -0.142. The van der Waals surface area contributed by atoms with Crippen LogP contribution in [0.2, 0.25) is 0 Å². The first-order valence-electron chi connectivity index (χ1n) is 6.28. The van der Waals surface area contributed by atoms with Crippen molar-refractivity contribution in [1.82, 2.24) is 14.9 Å². The molecule has 0 aliphatic heterocycles. The van der Waals surface area contributed by atoms with Crippen LogP contribution in [0.15, 0.2) is 12.5 Å². The lowest BCUT2D eigenvalue weighted by Crippen LogP contribution is -2.37. The number of imidazole rings is 1. The molecule has 0 saturated carbocycles. The summed E-state index contributed by atoms with van der Waals surface area (Å²) < 4.78 is 11.1. The smallest absolute Gasteiger partial charge is 0.419 e. The van der Waals surface area contributed by atoms with Crippen molar-refractivity contribution in [2.75, 3.05) is 14.2 Å². The summed E-state index contributed by atoms with van der Waals surface area (Å²) in [6, 6.07) is -0.498. The van der Waals surface area contributed by atoms with Gasteiger partial charge >= 0.3 is 12.1 Å². The van der Waals surface area contributed by atoms with Gasteiger partial charge in [0.25, 0.3) is 0 Å². The van der Waals surface area contributed by atoms with Gasteiger partial charge in [-0.1, -0.05) is 0 Å². The van der Waals surface area contributed by atoms with E-state index in [4.69, 9.17) is 4.74 Å². The van der Waals surface area contributed by atoms with Gasteiger partial charge in [0.1, 0.15) is 18.0 Å². The molecule has 7 nitrogen and oxygen atoms in total. The van der Waals surface area contributed by atoms with Crippen molar-refractivity contribution >= 4 is 24.5 Å². The maximum absolute atomic E-state index is 11.8. The molecule has 0 saturated heterocycles. The van der Waals surface area contributed by atoms with Gasteiger partial charge in [-0.3, -0.25) is 4.79 Å². The fourth-order valence-corrected chi connectivity index (χ4v) is 1.54. The molecule has 0 bridgehead atoms. The molecule has 1 aromatic heterocycles. The third-order valence-electron chi connectivity index (χ3n) is 2.49. The average Bonchev–Trinajstić information content (AvgIpc) is 2.81. The second-order valence-corrected chi connectivity index (χ2v) is 5.32. The first-order chi connectivity index (χ1) is 9.26. The summed E-state index contributed by atoms with van der Waals surface area (Å²) in [5.74, 6) is -0.376. The summed E-state index contributed by atoms with van der Waals surface area (Å²) in [6.07, 6.45) is 2.74. The molecule has 21 heavy (non-hydrogen) atoms. The Morgan fingerprint density at radius 1 is 1.43 bits per heavy atom. The van der Waals surface area contributed by atoms with Crippen LogP contribution in [-0.4, -0.2) is 47.4 Å². The number of carbonyl (C=O) groups is 2. The van der Waals surface area contributed by atoms with Crippen LogP contribution in [-0.2, 0) is 20.7 Å². The van der Waals surface area contributed by atoms with Crippen LogP contribution < -0.4 is 5.32 Å². The highest BCUT2D eigenvalue weighted by Gasteiger charge is 2.21. The maximum Gasteiger partial charge on any atom is 0.419 e. The predicted octanol–water partition coefficient (Wildman–Crippen LogP) is 1.39. The van der Waals surface area contributed by atoms with Crippen molar-refractivity contribution in [3.63, 3.8) is 0 Å². The summed E-state index contributed by atoms with van der Waals surface area (Å²) in [5, 5.41) is 2.84. The van der Waals surface area contributed by atoms with E-state index in [0.29, 0.717) is 12.1 Å². The summed E-state index contributed by atoms with van der Waals surface area (Å²) in [6.45, 7) is 5.37. The Morgan fingerprint density at radius 3 is 2.52 bits per heavy atom. The zero-order valence-electron chi connectivity index (χ0n) is 12.9. The van der Waals surface area contributed by atoms with Gasteiger partial charge < -0.3 is 14.8 Å². The first-order valence-corrected chi connectivity index (χ1v) is 6.28. The van der Waals surface area contributed by atoms with Gasteiger partial charge in [-0.15, -0.1) is 12.4 Å². The van der Waals surface area contributed by atoms with E-state index in [1.165, 1.54) is 18.0 Å². The molecule has 1 heterocycles.